The number of nitrogens with one attached hydrogen (secondary N) is 1. The van der Waals surface area contributed by atoms with E-state index in [4.69, 9.17) is 4.74 Å². The van der Waals surface area contributed by atoms with Crippen LogP contribution in [0.3, 0.4) is 0 Å². The monoisotopic (exact) mass is 426 g/mol. The first kappa shape index (κ1) is 22.7. The van der Waals surface area contributed by atoms with Crippen molar-refractivity contribution in [3.63, 3.8) is 0 Å². The number of benzene rings is 1. The average Bonchev–Trinajstić information content (AvgIpc) is 2.74. The van der Waals surface area contributed by atoms with E-state index in [2.05, 4.69) is 77.8 Å². The van der Waals surface area contributed by atoms with Gasteiger partial charge in [-0.3, -0.25) is 4.90 Å². The molecule has 1 aromatic heterocycles. The Bertz CT molecular complexity index is 847. The number of nitrogens with zero attached hydrogens (tertiary/aromatic N) is 3. The standard InChI is InChI=1S/C24H34N4OS/c1-18(2)21-7-6-19(3)23(16-21)30-20(4)26-24-17-22(8-9-25-24)28-12-10-27(11-13-28)14-15-29-5/h6-9,16-18H,4,10-15H2,1-3,5H3,(H,25,26). The minimum atomic E-state index is 0.513. The van der Waals surface area contributed by atoms with Crippen LogP contribution in [0.4, 0.5) is 11.5 Å². The zero-order valence-corrected chi connectivity index (χ0v) is 19.5. The lowest BCUT2D eigenvalue weighted by atomic mass is 10.0. The zero-order chi connectivity index (χ0) is 21.5. The molecule has 6 heteroatoms. The van der Waals surface area contributed by atoms with Gasteiger partial charge in [0.1, 0.15) is 5.82 Å². The zero-order valence-electron chi connectivity index (χ0n) is 18.6. The Morgan fingerprint density at radius 3 is 2.67 bits per heavy atom. The number of thioether (sulfide) groups is 1. The molecule has 1 aliphatic heterocycles. The molecule has 1 N–H and O–H groups in total. The molecule has 5 nitrogen and oxygen atoms in total. The number of methoxy groups -OCH3 is 1. The second kappa shape index (κ2) is 10.8. The van der Waals surface area contributed by atoms with Crippen LogP contribution in [0, 0.1) is 6.92 Å². The highest BCUT2D eigenvalue weighted by atomic mass is 32.2. The van der Waals surface area contributed by atoms with Crippen LogP contribution in [-0.4, -0.2) is 56.3 Å². The lowest BCUT2D eigenvalue weighted by molar-refractivity contribution is 0.144. The first-order chi connectivity index (χ1) is 14.5. The molecule has 0 spiro atoms. The number of hydrogen-bond acceptors (Lipinski definition) is 6. The summed E-state index contributed by atoms with van der Waals surface area (Å²) in [7, 11) is 1.76. The summed E-state index contributed by atoms with van der Waals surface area (Å²) in [5, 5.41) is 4.27. The van der Waals surface area contributed by atoms with Crippen molar-refractivity contribution < 1.29 is 4.74 Å². The smallest absolute Gasteiger partial charge is 0.132 e. The van der Waals surface area contributed by atoms with E-state index < -0.39 is 0 Å². The van der Waals surface area contributed by atoms with Gasteiger partial charge in [-0.15, -0.1) is 0 Å². The van der Waals surface area contributed by atoms with Crippen LogP contribution in [0.2, 0.25) is 0 Å². The van der Waals surface area contributed by atoms with Crippen molar-refractivity contribution in [2.45, 2.75) is 31.6 Å². The Labute approximate surface area is 185 Å². The number of anilines is 2. The second-order valence-electron chi connectivity index (χ2n) is 8.05. The molecule has 1 aliphatic rings. The summed E-state index contributed by atoms with van der Waals surface area (Å²) in [4.78, 5) is 10.6. The normalized spacial score (nSPS) is 14.9. The highest BCUT2D eigenvalue weighted by Gasteiger charge is 2.17. The Morgan fingerprint density at radius 1 is 1.20 bits per heavy atom. The first-order valence-electron chi connectivity index (χ1n) is 10.6. The van der Waals surface area contributed by atoms with E-state index in [0.717, 1.165) is 50.2 Å². The molecule has 0 unspecified atom stereocenters. The molecule has 2 aromatic rings. The molecule has 0 atom stereocenters. The maximum Gasteiger partial charge on any atom is 0.132 e. The predicted octanol–water partition coefficient (Wildman–Crippen LogP) is 4.96. The van der Waals surface area contributed by atoms with E-state index in [1.165, 1.54) is 21.7 Å². The van der Waals surface area contributed by atoms with E-state index in [1.54, 1.807) is 18.9 Å². The summed E-state index contributed by atoms with van der Waals surface area (Å²) in [6.07, 6.45) is 1.87. The number of aromatic nitrogens is 1. The quantitative estimate of drug-likeness (QED) is 0.572. The lowest BCUT2D eigenvalue weighted by Crippen LogP contribution is -2.47. The molecule has 3 rings (SSSR count). The summed E-state index contributed by atoms with van der Waals surface area (Å²) in [5.74, 6) is 1.35. The molecule has 0 bridgehead atoms. The molecule has 0 aliphatic carbocycles. The molecule has 0 saturated carbocycles. The van der Waals surface area contributed by atoms with Crippen LogP contribution in [0.1, 0.15) is 30.9 Å². The Balaban J connectivity index is 1.59. The van der Waals surface area contributed by atoms with Gasteiger partial charge in [0.05, 0.1) is 11.6 Å². The molecule has 0 amide bonds. The number of ether oxygens (including phenoxy) is 1. The van der Waals surface area contributed by atoms with Gasteiger partial charge in [0.15, 0.2) is 0 Å². The second-order valence-corrected chi connectivity index (χ2v) is 9.19. The summed E-state index contributed by atoms with van der Waals surface area (Å²) < 4.78 is 5.19. The van der Waals surface area contributed by atoms with Gasteiger partial charge in [-0.1, -0.05) is 44.3 Å². The number of piperazine rings is 1. The summed E-state index contributed by atoms with van der Waals surface area (Å²) in [6.45, 7) is 16.8. The number of aryl methyl sites for hydroxylation is 1. The Kier molecular flexibility index (Phi) is 8.19. The van der Waals surface area contributed by atoms with Crippen molar-refractivity contribution in [3.05, 3.63) is 59.3 Å². The molecule has 1 saturated heterocycles. The van der Waals surface area contributed by atoms with Crippen molar-refractivity contribution in [1.82, 2.24) is 9.88 Å². The highest BCUT2D eigenvalue weighted by Crippen LogP contribution is 2.32. The van der Waals surface area contributed by atoms with Crippen LogP contribution in [0.15, 0.2) is 53.0 Å². The third kappa shape index (κ3) is 6.24. The maximum absolute atomic E-state index is 5.19. The largest absolute Gasteiger partial charge is 0.383 e. The molecular formula is C24H34N4OS. The summed E-state index contributed by atoms with van der Waals surface area (Å²) >= 11 is 1.67. The minimum Gasteiger partial charge on any atom is -0.383 e. The van der Waals surface area contributed by atoms with Gasteiger partial charge < -0.3 is 15.0 Å². The highest BCUT2D eigenvalue weighted by molar-refractivity contribution is 8.03. The third-order valence-corrected chi connectivity index (χ3v) is 6.48. The fourth-order valence-electron chi connectivity index (χ4n) is 3.52. The van der Waals surface area contributed by atoms with E-state index in [0.29, 0.717) is 5.92 Å². The van der Waals surface area contributed by atoms with Crippen LogP contribution in [0.25, 0.3) is 0 Å². The van der Waals surface area contributed by atoms with Gasteiger partial charge in [-0.05, 0) is 36.1 Å². The minimum absolute atomic E-state index is 0.513. The van der Waals surface area contributed by atoms with Crippen molar-refractivity contribution in [3.8, 4) is 0 Å². The predicted molar refractivity (Wildman–Crippen MR) is 129 cm³/mol. The van der Waals surface area contributed by atoms with Gasteiger partial charge in [-0.2, -0.15) is 0 Å². The van der Waals surface area contributed by atoms with Gasteiger partial charge in [0.2, 0.25) is 0 Å². The van der Waals surface area contributed by atoms with Crippen LogP contribution in [-0.2, 0) is 4.74 Å². The van der Waals surface area contributed by atoms with E-state index in [-0.39, 0.29) is 0 Å². The average molecular weight is 427 g/mol. The Hall–Kier alpha value is -2.02. The number of hydrogen-bond donors (Lipinski definition) is 1. The maximum atomic E-state index is 5.19. The van der Waals surface area contributed by atoms with Crippen molar-refractivity contribution >= 4 is 23.3 Å². The molecule has 2 heterocycles. The number of rotatable bonds is 9. The van der Waals surface area contributed by atoms with Crippen LogP contribution < -0.4 is 10.2 Å². The molecular weight excluding hydrogens is 392 g/mol. The van der Waals surface area contributed by atoms with E-state index in [1.807, 2.05) is 6.20 Å². The molecule has 0 radical (unpaired) electrons. The Morgan fingerprint density at radius 2 is 1.97 bits per heavy atom. The van der Waals surface area contributed by atoms with Crippen molar-refractivity contribution in [2.75, 3.05) is 56.7 Å². The van der Waals surface area contributed by atoms with Crippen molar-refractivity contribution in [1.29, 1.82) is 0 Å². The van der Waals surface area contributed by atoms with Gasteiger partial charge in [0, 0.05) is 62.7 Å². The first-order valence-corrected chi connectivity index (χ1v) is 11.4. The van der Waals surface area contributed by atoms with Crippen LogP contribution in [0.5, 0.6) is 0 Å². The van der Waals surface area contributed by atoms with Crippen LogP contribution >= 0.6 is 11.8 Å². The molecule has 1 aromatic carbocycles. The van der Waals surface area contributed by atoms with E-state index in [9.17, 15) is 0 Å². The number of pyridine rings is 1. The molecule has 1 fully saturated rings. The van der Waals surface area contributed by atoms with Gasteiger partial charge in [0.25, 0.3) is 0 Å². The van der Waals surface area contributed by atoms with Gasteiger partial charge in [-0.25, -0.2) is 4.98 Å². The fourth-order valence-corrected chi connectivity index (χ4v) is 4.37. The third-order valence-electron chi connectivity index (χ3n) is 5.47. The topological polar surface area (TPSA) is 40.6 Å². The van der Waals surface area contributed by atoms with Gasteiger partial charge >= 0.3 is 0 Å². The lowest BCUT2D eigenvalue weighted by Gasteiger charge is -2.36. The summed E-state index contributed by atoms with van der Waals surface area (Å²) in [6, 6.07) is 10.9. The molecule has 30 heavy (non-hydrogen) atoms. The fraction of sp³-hybridized carbons (Fsp3) is 0.458. The summed E-state index contributed by atoms with van der Waals surface area (Å²) in [5.41, 5.74) is 3.82. The van der Waals surface area contributed by atoms with Crippen molar-refractivity contribution in [2.24, 2.45) is 0 Å². The SMILES string of the molecule is C=C(Nc1cc(N2CCN(CCOC)CC2)ccn1)Sc1cc(C(C)C)ccc1C. The molecule has 162 valence electrons. The van der Waals surface area contributed by atoms with E-state index >= 15 is 0 Å².